The molecule has 0 atom stereocenters. The van der Waals surface area contributed by atoms with Gasteiger partial charge in [0, 0.05) is 22.0 Å². The Morgan fingerprint density at radius 3 is 2.56 bits per heavy atom. The molecule has 1 N–H and O–H groups in total. The lowest BCUT2D eigenvalue weighted by Crippen LogP contribution is -2.23. The average Bonchev–Trinajstić information content (AvgIpc) is 2.96. The average molecular weight is 402 g/mol. The number of nitrogens with one attached hydrogen (secondary N) is 1. The van der Waals surface area contributed by atoms with Crippen molar-refractivity contribution in [3.63, 3.8) is 0 Å². The number of carbonyl (C=O) groups is 2. The van der Waals surface area contributed by atoms with E-state index in [-0.39, 0.29) is 11.9 Å². The monoisotopic (exact) mass is 401 g/mol. The molecule has 1 amide bonds. The minimum absolute atomic E-state index is 0.276. The van der Waals surface area contributed by atoms with Gasteiger partial charge < -0.3 is 14.5 Å². The van der Waals surface area contributed by atoms with Crippen LogP contribution in [0.4, 0.5) is 0 Å². The van der Waals surface area contributed by atoms with Crippen LogP contribution in [0.5, 0.6) is 0 Å². The second kappa shape index (κ2) is 7.11. The van der Waals surface area contributed by atoms with Gasteiger partial charge >= 0.3 is 5.97 Å². The normalized spacial score (nSPS) is 10.7. The van der Waals surface area contributed by atoms with Crippen molar-refractivity contribution in [1.29, 1.82) is 0 Å². The SMILES string of the molecule is COC(=O)c1ccc(CNC(=O)c2oc3ccc(Br)cc3c2C)cc1. The molecular formula is C19H16BrNO4. The maximum Gasteiger partial charge on any atom is 0.337 e. The van der Waals surface area contributed by atoms with Gasteiger partial charge in [0.05, 0.1) is 12.7 Å². The third kappa shape index (κ3) is 3.58. The molecule has 0 spiro atoms. The van der Waals surface area contributed by atoms with Gasteiger partial charge in [-0.2, -0.15) is 0 Å². The number of aryl methyl sites for hydroxylation is 1. The van der Waals surface area contributed by atoms with E-state index in [1.165, 1.54) is 7.11 Å². The van der Waals surface area contributed by atoms with Crippen molar-refractivity contribution in [3.05, 3.63) is 69.4 Å². The predicted molar refractivity (Wildman–Crippen MR) is 97.6 cm³/mol. The van der Waals surface area contributed by atoms with Gasteiger partial charge in [0.25, 0.3) is 5.91 Å². The molecular weight excluding hydrogens is 386 g/mol. The first-order valence-electron chi connectivity index (χ1n) is 7.63. The Kier molecular flexibility index (Phi) is 4.90. The van der Waals surface area contributed by atoms with Crippen molar-refractivity contribution in [1.82, 2.24) is 5.32 Å². The van der Waals surface area contributed by atoms with Gasteiger partial charge in [-0.1, -0.05) is 28.1 Å². The van der Waals surface area contributed by atoms with Gasteiger partial charge in [-0.05, 0) is 42.8 Å². The number of halogens is 1. The number of ether oxygens (including phenoxy) is 1. The molecule has 0 aliphatic carbocycles. The number of rotatable bonds is 4. The lowest BCUT2D eigenvalue weighted by atomic mass is 10.1. The van der Waals surface area contributed by atoms with Crippen molar-refractivity contribution >= 4 is 38.8 Å². The summed E-state index contributed by atoms with van der Waals surface area (Å²) in [7, 11) is 1.34. The number of methoxy groups -OCH3 is 1. The van der Waals surface area contributed by atoms with Crippen LogP contribution in [0, 0.1) is 6.92 Å². The van der Waals surface area contributed by atoms with Gasteiger partial charge in [0.15, 0.2) is 5.76 Å². The van der Waals surface area contributed by atoms with Crippen molar-refractivity contribution in [2.75, 3.05) is 7.11 Å². The molecule has 5 nitrogen and oxygen atoms in total. The molecule has 2 aromatic carbocycles. The molecule has 1 heterocycles. The summed E-state index contributed by atoms with van der Waals surface area (Å²) in [5.41, 5.74) is 2.82. The van der Waals surface area contributed by atoms with Crippen LogP contribution >= 0.6 is 15.9 Å². The highest BCUT2D eigenvalue weighted by atomic mass is 79.9. The van der Waals surface area contributed by atoms with Crippen LogP contribution in [0.1, 0.15) is 32.0 Å². The Balaban J connectivity index is 1.72. The van der Waals surface area contributed by atoms with Crippen LogP contribution in [0.2, 0.25) is 0 Å². The largest absolute Gasteiger partial charge is 0.465 e. The molecule has 3 aromatic rings. The standard InChI is InChI=1S/C19H16BrNO4/c1-11-15-9-14(20)7-8-16(15)25-17(11)18(22)21-10-12-3-5-13(6-4-12)19(23)24-2/h3-9H,10H2,1-2H3,(H,21,22). The van der Waals surface area contributed by atoms with Crippen molar-refractivity contribution in [2.45, 2.75) is 13.5 Å². The molecule has 25 heavy (non-hydrogen) atoms. The topological polar surface area (TPSA) is 68.5 Å². The van der Waals surface area contributed by atoms with E-state index in [4.69, 9.17) is 4.42 Å². The Morgan fingerprint density at radius 1 is 1.16 bits per heavy atom. The third-order valence-corrected chi connectivity index (χ3v) is 4.43. The maximum absolute atomic E-state index is 12.4. The summed E-state index contributed by atoms with van der Waals surface area (Å²) in [5.74, 6) is -0.360. The summed E-state index contributed by atoms with van der Waals surface area (Å²) in [6, 6.07) is 12.5. The molecule has 1 aromatic heterocycles. The van der Waals surface area contributed by atoms with Gasteiger partial charge in [-0.3, -0.25) is 4.79 Å². The van der Waals surface area contributed by atoms with Crippen LogP contribution < -0.4 is 5.32 Å². The van der Waals surface area contributed by atoms with E-state index in [2.05, 4.69) is 26.0 Å². The molecule has 0 saturated carbocycles. The number of esters is 1. The Bertz CT molecular complexity index is 944. The molecule has 0 aliphatic rings. The number of hydrogen-bond acceptors (Lipinski definition) is 4. The van der Waals surface area contributed by atoms with Gasteiger partial charge in [-0.15, -0.1) is 0 Å². The fraction of sp³-hybridized carbons (Fsp3) is 0.158. The zero-order valence-corrected chi connectivity index (χ0v) is 15.3. The van der Waals surface area contributed by atoms with Crippen molar-refractivity contribution in [3.8, 4) is 0 Å². The summed E-state index contributed by atoms with van der Waals surface area (Å²) in [5, 5.41) is 3.74. The molecule has 0 unspecified atom stereocenters. The fourth-order valence-corrected chi connectivity index (χ4v) is 2.91. The minimum Gasteiger partial charge on any atom is -0.465 e. The van der Waals surface area contributed by atoms with Crippen molar-refractivity contribution in [2.24, 2.45) is 0 Å². The molecule has 0 radical (unpaired) electrons. The molecule has 0 aliphatic heterocycles. The molecule has 128 valence electrons. The summed E-state index contributed by atoms with van der Waals surface area (Å²) in [6.45, 7) is 2.19. The number of furan rings is 1. The molecule has 6 heteroatoms. The smallest absolute Gasteiger partial charge is 0.337 e. The van der Waals surface area contributed by atoms with Gasteiger partial charge in [-0.25, -0.2) is 4.79 Å². The predicted octanol–water partition coefficient (Wildman–Crippen LogP) is 4.22. The second-order valence-corrected chi connectivity index (χ2v) is 6.48. The molecule has 0 fully saturated rings. The zero-order chi connectivity index (χ0) is 18.0. The summed E-state index contributed by atoms with van der Waals surface area (Å²) in [6.07, 6.45) is 0. The van der Waals surface area contributed by atoms with Crippen LogP contribution in [0.15, 0.2) is 51.4 Å². The Hall–Kier alpha value is -2.60. The summed E-state index contributed by atoms with van der Waals surface area (Å²) >= 11 is 3.42. The Morgan fingerprint density at radius 2 is 1.88 bits per heavy atom. The first-order valence-corrected chi connectivity index (χ1v) is 8.43. The van der Waals surface area contributed by atoms with Gasteiger partial charge in [0.1, 0.15) is 5.58 Å². The summed E-state index contributed by atoms with van der Waals surface area (Å²) in [4.78, 5) is 23.8. The number of fused-ring (bicyclic) bond motifs is 1. The molecule has 3 rings (SSSR count). The Labute approximate surface area is 153 Å². The number of benzene rings is 2. The highest BCUT2D eigenvalue weighted by molar-refractivity contribution is 9.10. The van der Waals surface area contributed by atoms with E-state index in [1.54, 1.807) is 24.3 Å². The molecule has 0 bridgehead atoms. The number of hydrogen-bond donors (Lipinski definition) is 1. The van der Waals surface area contributed by atoms with Gasteiger partial charge in [0.2, 0.25) is 0 Å². The number of amides is 1. The highest BCUT2D eigenvalue weighted by Crippen LogP contribution is 2.28. The first-order chi connectivity index (χ1) is 12.0. The van der Waals surface area contributed by atoms with E-state index in [1.807, 2.05) is 25.1 Å². The third-order valence-electron chi connectivity index (χ3n) is 3.93. The lowest BCUT2D eigenvalue weighted by molar-refractivity contribution is 0.0600. The quantitative estimate of drug-likeness (QED) is 0.664. The van der Waals surface area contributed by atoms with E-state index in [0.717, 1.165) is 21.0 Å². The first kappa shape index (κ1) is 17.2. The van der Waals surface area contributed by atoms with E-state index < -0.39 is 0 Å². The summed E-state index contributed by atoms with van der Waals surface area (Å²) < 4.78 is 11.3. The fourth-order valence-electron chi connectivity index (χ4n) is 2.55. The highest BCUT2D eigenvalue weighted by Gasteiger charge is 2.17. The second-order valence-electron chi connectivity index (χ2n) is 5.57. The molecule has 0 saturated heterocycles. The maximum atomic E-state index is 12.4. The van der Waals surface area contributed by atoms with Crippen LogP contribution in [-0.2, 0) is 11.3 Å². The van der Waals surface area contributed by atoms with Crippen molar-refractivity contribution < 1.29 is 18.7 Å². The van der Waals surface area contributed by atoms with Crippen LogP contribution in [0.3, 0.4) is 0 Å². The van der Waals surface area contributed by atoms with E-state index in [9.17, 15) is 9.59 Å². The minimum atomic E-state index is -0.389. The number of carbonyl (C=O) groups excluding carboxylic acids is 2. The van der Waals surface area contributed by atoms with E-state index in [0.29, 0.717) is 23.5 Å². The lowest BCUT2D eigenvalue weighted by Gasteiger charge is -2.05. The van der Waals surface area contributed by atoms with E-state index >= 15 is 0 Å². The zero-order valence-electron chi connectivity index (χ0n) is 13.8. The van der Waals surface area contributed by atoms with Crippen LogP contribution in [-0.4, -0.2) is 19.0 Å². The van der Waals surface area contributed by atoms with Crippen LogP contribution in [0.25, 0.3) is 11.0 Å².